The van der Waals surface area contributed by atoms with Crippen molar-refractivity contribution in [3.8, 4) is 0 Å². The summed E-state index contributed by atoms with van der Waals surface area (Å²) < 4.78 is 5.14. The average Bonchev–Trinajstić information content (AvgIpc) is 2.79. The summed E-state index contributed by atoms with van der Waals surface area (Å²) in [6.45, 7) is 0. The first-order chi connectivity index (χ1) is 7.77. The number of carbonyl (C=O) groups is 1. The Labute approximate surface area is 92.4 Å². The normalized spacial score (nSPS) is 10.8. The SMILES string of the molecule is NC(=O)c1cnccc1/C=C/c1ccco1. The number of amides is 1. The average molecular weight is 214 g/mol. The van der Waals surface area contributed by atoms with Gasteiger partial charge in [0, 0.05) is 12.4 Å². The van der Waals surface area contributed by atoms with Crippen LogP contribution in [0, 0.1) is 0 Å². The van der Waals surface area contributed by atoms with Crippen molar-refractivity contribution in [2.45, 2.75) is 0 Å². The van der Waals surface area contributed by atoms with E-state index in [1.807, 2.05) is 6.07 Å². The number of aromatic nitrogens is 1. The van der Waals surface area contributed by atoms with E-state index in [1.54, 1.807) is 36.7 Å². The van der Waals surface area contributed by atoms with Crippen LogP contribution in [0.5, 0.6) is 0 Å². The van der Waals surface area contributed by atoms with Crippen LogP contribution in [-0.4, -0.2) is 10.9 Å². The van der Waals surface area contributed by atoms with Crippen LogP contribution in [0.3, 0.4) is 0 Å². The fraction of sp³-hybridized carbons (Fsp3) is 0. The fourth-order valence-electron chi connectivity index (χ4n) is 1.31. The van der Waals surface area contributed by atoms with Crippen molar-refractivity contribution in [2.75, 3.05) is 0 Å². The molecule has 1 amide bonds. The Morgan fingerprint density at radius 1 is 1.38 bits per heavy atom. The van der Waals surface area contributed by atoms with Gasteiger partial charge in [0.2, 0.25) is 0 Å². The van der Waals surface area contributed by atoms with Crippen LogP contribution in [-0.2, 0) is 0 Å². The minimum Gasteiger partial charge on any atom is -0.465 e. The maximum absolute atomic E-state index is 11.1. The summed E-state index contributed by atoms with van der Waals surface area (Å²) >= 11 is 0. The van der Waals surface area contributed by atoms with Crippen molar-refractivity contribution in [1.29, 1.82) is 0 Å². The monoisotopic (exact) mass is 214 g/mol. The number of rotatable bonds is 3. The molecule has 0 aliphatic carbocycles. The lowest BCUT2D eigenvalue weighted by Gasteiger charge is -1.99. The van der Waals surface area contributed by atoms with Crippen molar-refractivity contribution in [1.82, 2.24) is 4.98 Å². The molecule has 2 N–H and O–H groups in total. The minimum absolute atomic E-state index is 0.394. The van der Waals surface area contributed by atoms with Gasteiger partial charge < -0.3 is 10.2 Å². The van der Waals surface area contributed by atoms with Crippen LogP contribution in [0.4, 0.5) is 0 Å². The first-order valence-electron chi connectivity index (χ1n) is 4.73. The lowest BCUT2D eigenvalue weighted by molar-refractivity contribution is 0.1000. The van der Waals surface area contributed by atoms with E-state index in [0.29, 0.717) is 11.3 Å². The minimum atomic E-state index is -0.493. The molecule has 0 atom stereocenters. The van der Waals surface area contributed by atoms with E-state index in [0.717, 1.165) is 5.56 Å². The van der Waals surface area contributed by atoms with Gasteiger partial charge in [0.15, 0.2) is 0 Å². The third-order valence-corrected chi connectivity index (χ3v) is 2.09. The molecule has 0 saturated heterocycles. The van der Waals surface area contributed by atoms with Gasteiger partial charge in [0.1, 0.15) is 5.76 Å². The molecule has 2 aromatic heterocycles. The second kappa shape index (κ2) is 4.44. The first-order valence-corrected chi connectivity index (χ1v) is 4.73. The van der Waals surface area contributed by atoms with Crippen LogP contribution in [0.1, 0.15) is 21.7 Å². The number of pyridine rings is 1. The second-order valence-corrected chi connectivity index (χ2v) is 3.18. The summed E-state index contributed by atoms with van der Waals surface area (Å²) in [5.74, 6) is 0.222. The van der Waals surface area contributed by atoms with Gasteiger partial charge in [-0.15, -0.1) is 0 Å². The molecule has 0 aliphatic rings. The van der Waals surface area contributed by atoms with Crippen LogP contribution < -0.4 is 5.73 Å². The van der Waals surface area contributed by atoms with E-state index >= 15 is 0 Å². The van der Waals surface area contributed by atoms with E-state index < -0.39 is 5.91 Å². The smallest absolute Gasteiger partial charge is 0.250 e. The number of carbonyl (C=O) groups excluding carboxylic acids is 1. The third-order valence-electron chi connectivity index (χ3n) is 2.09. The molecular weight excluding hydrogens is 204 g/mol. The highest BCUT2D eigenvalue weighted by Crippen LogP contribution is 2.11. The molecule has 0 aliphatic heterocycles. The Morgan fingerprint density at radius 3 is 2.94 bits per heavy atom. The van der Waals surface area contributed by atoms with E-state index in [4.69, 9.17) is 10.2 Å². The Balaban J connectivity index is 2.31. The molecular formula is C12H10N2O2. The number of hydrogen-bond donors (Lipinski definition) is 1. The highest BCUT2D eigenvalue weighted by molar-refractivity contribution is 5.97. The fourth-order valence-corrected chi connectivity index (χ4v) is 1.31. The predicted molar refractivity (Wildman–Crippen MR) is 60.4 cm³/mol. The number of hydrogen-bond acceptors (Lipinski definition) is 3. The summed E-state index contributed by atoms with van der Waals surface area (Å²) in [5, 5.41) is 0. The van der Waals surface area contributed by atoms with Gasteiger partial charge in [-0.1, -0.05) is 6.08 Å². The van der Waals surface area contributed by atoms with Crippen LogP contribution >= 0.6 is 0 Å². The van der Waals surface area contributed by atoms with Gasteiger partial charge in [0.25, 0.3) is 5.91 Å². The summed E-state index contributed by atoms with van der Waals surface area (Å²) in [5.41, 5.74) is 6.34. The topological polar surface area (TPSA) is 69.1 Å². The molecule has 0 unspecified atom stereocenters. The molecule has 0 bridgehead atoms. The number of nitrogens with zero attached hydrogens (tertiary/aromatic N) is 1. The lowest BCUT2D eigenvalue weighted by Crippen LogP contribution is -2.12. The standard InChI is InChI=1S/C12H10N2O2/c13-12(15)11-8-14-6-5-9(11)3-4-10-2-1-7-16-10/h1-8H,(H2,13,15)/b4-3+. The van der Waals surface area contributed by atoms with Crippen molar-refractivity contribution in [3.05, 3.63) is 53.7 Å². The van der Waals surface area contributed by atoms with Gasteiger partial charge in [-0.25, -0.2) is 0 Å². The molecule has 2 aromatic rings. The largest absolute Gasteiger partial charge is 0.465 e. The highest BCUT2D eigenvalue weighted by atomic mass is 16.3. The Morgan fingerprint density at radius 2 is 2.25 bits per heavy atom. The molecule has 4 nitrogen and oxygen atoms in total. The van der Waals surface area contributed by atoms with Gasteiger partial charge in [-0.3, -0.25) is 9.78 Å². The van der Waals surface area contributed by atoms with Gasteiger partial charge in [-0.2, -0.15) is 0 Å². The van der Waals surface area contributed by atoms with Crippen LogP contribution in [0.15, 0.2) is 41.3 Å². The molecule has 2 heterocycles. The molecule has 0 spiro atoms. The lowest BCUT2D eigenvalue weighted by atomic mass is 10.1. The van der Waals surface area contributed by atoms with Gasteiger partial charge >= 0.3 is 0 Å². The molecule has 4 heteroatoms. The van der Waals surface area contributed by atoms with E-state index in [-0.39, 0.29) is 0 Å². The molecule has 80 valence electrons. The summed E-state index contributed by atoms with van der Waals surface area (Å²) in [6, 6.07) is 5.34. The Kier molecular flexibility index (Phi) is 2.82. The molecule has 0 aromatic carbocycles. The van der Waals surface area contributed by atoms with Crippen LogP contribution in [0.2, 0.25) is 0 Å². The number of primary amides is 1. The quantitative estimate of drug-likeness (QED) is 0.848. The highest BCUT2D eigenvalue weighted by Gasteiger charge is 2.04. The predicted octanol–water partition coefficient (Wildman–Crippen LogP) is 1.94. The molecule has 0 radical (unpaired) electrons. The molecule has 0 fully saturated rings. The Bertz CT molecular complexity index is 516. The van der Waals surface area contributed by atoms with Gasteiger partial charge in [0.05, 0.1) is 11.8 Å². The van der Waals surface area contributed by atoms with E-state index in [1.165, 1.54) is 6.20 Å². The van der Waals surface area contributed by atoms with E-state index in [2.05, 4.69) is 4.98 Å². The van der Waals surface area contributed by atoms with Gasteiger partial charge in [-0.05, 0) is 29.8 Å². The van der Waals surface area contributed by atoms with E-state index in [9.17, 15) is 4.79 Å². The summed E-state index contributed by atoms with van der Waals surface area (Å²) in [4.78, 5) is 15.0. The Hall–Kier alpha value is -2.36. The molecule has 0 saturated carbocycles. The summed E-state index contributed by atoms with van der Waals surface area (Å²) in [6.07, 6.45) is 8.17. The van der Waals surface area contributed by atoms with Crippen molar-refractivity contribution < 1.29 is 9.21 Å². The first kappa shape index (κ1) is 10.2. The second-order valence-electron chi connectivity index (χ2n) is 3.18. The third kappa shape index (κ3) is 2.17. The number of furan rings is 1. The number of nitrogens with two attached hydrogens (primary N) is 1. The maximum Gasteiger partial charge on any atom is 0.250 e. The van der Waals surface area contributed by atoms with Crippen molar-refractivity contribution >= 4 is 18.1 Å². The zero-order valence-corrected chi connectivity index (χ0v) is 8.46. The van der Waals surface area contributed by atoms with Crippen molar-refractivity contribution in [3.63, 3.8) is 0 Å². The maximum atomic E-state index is 11.1. The summed E-state index contributed by atoms with van der Waals surface area (Å²) in [7, 11) is 0. The zero-order valence-electron chi connectivity index (χ0n) is 8.46. The molecule has 16 heavy (non-hydrogen) atoms. The molecule has 2 rings (SSSR count). The van der Waals surface area contributed by atoms with Crippen molar-refractivity contribution in [2.24, 2.45) is 5.73 Å². The zero-order chi connectivity index (χ0) is 11.4. The van der Waals surface area contributed by atoms with Crippen LogP contribution in [0.25, 0.3) is 12.2 Å².